The van der Waals surface area contributed by atoms with Crippen molar-refractivity contribution in [3.63, 3.8) is 0 Å². The molecule has 3 rings (SSSR count). The molecule has 1 aliphatic heterocycles. The Labute approximate surface area is 99.0 Å². The van der Waals surface area contributed by atoms with Gasteiger partial charge in [0.05, 0.1) is 23.0 Å². The second-order valence-corrected chi connectivity index (χ2v) is 4.31. The first kappa shape index (κ1) is 9.87. The normalized spacial score (nSPS) is 14.8. The maximum absolute atomic E-state index is 6.16. The molecular formula is C12H12ClN3. The average Bonchev–Trinajstić information content (AvgIpc) is 2.73. The van der Waals surface area contributed by atoms with Crippen molar-refractivity contribution in [3.8, 4) is 11.3 Å². The number of hydrogen-bond acceptors (Lipinski definition) is 2. The lowest BCUT2D eigenvalue weighted by Crippen LogP contribution is -2.28. The molecule has 0 unspecified atom stereocenters. The van der Waals surface area contributed by atoms with Gasteiger partial charge in [0.15, 0.2) is 0 Å². The molecule has 0 amide bonds. The molecular weight excluding hydrogens is 222 g/mol. The number of fused-ring (bicyclic) bond motifs is 1. The van der Waals surface area contributed by atoms with Crippen molar-refractivity contribution in [1.82, 2.24) is 15.1 Å². The fraction of sp³-hybridized carbons (Fsp3) is 0.250. The van der Waals surface area contributed by atoms with Crippen LogP contribution < -0.4 is 5.32 Å². The zero-order chi connectivity index (χ0) is 11.0. The summed E-state index contributed by atoms with van der Waals surface area (Å²) >= 11 is 6.16. The molecule has 0 fully saturated rings. The standard InChI is InChI=1S/C12H12ClN3/c13-11-4-2-1-3-10(11)12-7-9-8-14-5-6-16(9)15-12/h1-4,7,14H,5-6,8H2. The van der Waals surface area contributed by atoms with E-state index in [2.05, 4.69) is 21.2 Å². The van der Waals surface area contributed by atoms with Gasteiger partial charge in [-0.05, 0) is 12.1 Å². The number of hydrogen-bond donors (Lipinski definition) is 1. The molecule has 0 saturated heterocycles. The fourth-order valence-corrected chi connectivity index (χ4v) is 2.23. The lowest BCUT2D eigenvalue weighted by molar-refractivity contribution is 0.476. The van der Waals surface area contributed by atoms with Crippen molar-refractivity contribution in [3.05, 3.63) is 41.0 Å². The molecule has 2 heterocycles. The number of aromatic nitrogens is 2. The van der Waals surface area contributed by atoms with Crippen LogP contribution in [0.4, 0.5) is 0 Å². The molecule has 0 atom stereocenters. The second-order valence-electron chi connectivity index (χ2n) is 3.90. The van der Waals surface area contributed by atoms with Crippen molar-refractivity contribution in [2.45, 2.75) is 13.1 Å². The van der Waals surface area contributed by atoms with E-state index in [4.69, 9.17) is 11.6 Å². The van der Waals surface area contributed by atoms with Crippen LogP contribution in [-0.4, -0.2) is 16.3 Å². The van der Waals surface area contributed by atoms with Crippen LogP contribution >= 0.6 is 11.6 Å². The van der Waals surface area contributed by atoms with Crippen LogP contribution in [0.5, 0.6) is 0 Å². The predicted molar refractivity (Wildman–Crippen MR) is 64.4 cm³/mol. The molecule has 16 heavy (non-hydrogen) atoms. The molecule has 1 aromatic carbocycles. The van der Waals surface area contributed by atoms with Gasteiger partial charge >= 0.3 is 0 Å². The quantitative estimate of drug-likeness (QED) is 0.819. The fourth-order valence-electron chi connectivity index (χ4n) is 1.99. The van der Waals surface area contributed by atoms with Gasteiger partial charge in [0, 0.05) is 18.7 Å². The lowest BCUT2D eigenvalue weighted by atomic mass is 10.1. The summed E-state index contributed by atoms with van der Waals surface area (Å²) in [6.07, 6.45) is 0. The number of nitrogens with zero attached hydrogens (tertiary/aromatic N) is 2. The van der Waals surface area contributed by atoms with Gasteiger partial charge in [0.1, 0.15) is 0 Å². The first-order chi connectivity index (χ1) is 7.84. The smallest absolute Gasteiger partial charge is 0.0941 e. The maximum atomic E-state index is 6.16. The van der Waals surface area contributed by atoms with Gasteiger partial charge in [-0.3, -0.25) is 4.68 Å². The topological polar surface area (TPSA) is 29.9 Å². The van der Waals surface area contributed by atoms with Gasteiger partial charge in [-0.1, -0.05) is 29.8 Å². The first-order valence-electron chi connectivity index (χ1n) is 5.37. The van der Waals surface area contributed by atoms with E-state index in [9.17, 15) is 0 Å². The Morgan fingerprint density at radius 3 is 3.00 bits per heavy atom. The van der Waals surface area contributed by atoms with Gasteiger partial charge in [0.2, 0.25) is 0 Å². The van der Waals surface area contributed by atoms with E-state index in [-0.39, 0.29) is 0 Å². The minimum atomic E-state index is 0.755. The summed E-state index contributed by atoms with van der Waals surface area (Å²) in [6.45, 7) is 2.80. The van der Waals surface area contributed by atoms with Crippen LogP contribution in [0.3, 0.4) is 0 Å². The third-order valence-electron chi connectivity index (χ3n) is 2.82. The van der Waals surface area contributed by atoms with E-state index in [1.807, 2.05) is 24.3 Å². The van der Waals surface area contributed by atoms with E-state index in [1.165, 1.54) is 5.69 Å². The molecule has 4 heteroatoms. The second kappa shape index (κ2) is 3.92. The molecule has 0 aliphatic carbocycles. The highest BCUT2D eigenvalue weighted by Gasteiger charge is 2.13. The van der Waals surface area contributed by atoms with Crippen LogP contribution in [0, 0.1) is 0 Å². The van der Waals surface area contributed by atoms with Crippen LogP contribution in [0.2, 0.25) is 5.02 Å². The van der Waals surface area contributed by atoms with Gasteiger partial charge in [-0.15, -0.1) is 0 Å². The third kappa shape index (κ3) is 1.62. The van der Waals surface area contributed by atoms with Crippen LogP contribution in [0.15, 0.2) is 30.3 Å². The number of halogens is 1. The van der Waals surface area contributed by atoms with Crippen molar-refractivity contribution >= 4 is 11.6 Å². The van der Waals surface area contributed by atoms with E-state index < -0.39 is 0 Å². The Balaban J connectivity index is 2.07. The van der Waals surface area contributed by atoms with Crippen LogP contribution in [-0.2, 0) is 13.1 Å². The van der Waals surface area contributed by atoms with Crippen molar-refractivity contribution in [2.24, 2.45) is 0 Å². The van der Waals surface area contributed by atoms with Crippen molar-refractivity contribution in [2.75, 3.05) is 6.54 Å². The predicted octanol–water partition coefficient (Wildman–Crippen LogP) is 2.31. The molecule has 0 saturated carbocycles. The molecule has 3 nitrogen and oxygen atoms in total. The van der Waals surface area contributed by atoms with Gasteiger partial charge < -0.3 is 5.32 Å². The highest BCUT2D eigenvalue weighted by atomic mass is 35.5. The van der Waals surface area contributed by atoms with E-state index in [0.29, 0.717) is 0 Å². The van der Waals surface area contributed by atoms with Gasteiger partial charge in [-0.2, -0.15) is 5.10 Å². The van der Waals surface area contributed by atoms with Crippen LogP contribution in [0.1, 0.15) is 5.69 Å². The molecule has 1 N–H and O–H groups in total. The van der Waals surface area contributed by atoms with Crippen molar-refractivity contribution < 1.29 is 0 Å². The zero-order valence-electron chi connectivity index (χ0n) is 8.78. The summed E-state index contributed by atoms with van der Waals surface area (Å²) in [6, 6.07) is 9.92. The summed E-state index contributed by atoms with van der Waals surface area (Å²) in [5.41, 5.74) is 3.19. The summed E-state index contributed by atoms with van der Waals surface area (Å²) in [7, 11) is 0. The highest BCUT2D eigenvalue weighted by molar-refractivity contribution is 6.33. The minimum absolute atomic E-state index is 0.755. The minimum Gasteiger partial charge on any atom is -0.309 e. The molecule has 0 radical (unpaired) electrons. The van der Waals surface area contributed by atoms with E-state index >= 15 is 0 Å². The summed E-state index contributed by atoms with van der Waals surface area (Å²) < 4.78 is 2.05. The summed E-state index contributed by atoms with van der Waals surface area (Å²) in [4.78, 5) is 0. The first-order valence-corrected chi connectivity index (χ1v) is 5.75. The Kier molecular flexibility index (Phi) is 2.42. The van der Waals surface area contributed by atoms with Gasteiger partial charge in [-0.25, -0.2) is 0 Å². The third-order valence-corrected chi connectivity index (χ3v) is 3.15. The highest BCUT2D eigenvalue weighted by Crippen LogP contribution is 2.27. The Morgan fingerprint density at radius 1 is 1.31 bits per heavy atom. The number of benzene rings is 1. The van der Waals surface area contributed by atoms with Gasteiger partial charge in [0.25, 0.3) is 0 Å². The molecule has 1 aromatic heterocycles. The molecule has 2 aromatic rings. The average molecular weight is 234 g/mol. The Morgan fingerprint density at radius 2 is 2.19 bits per heavy atom. The summed E-state index contributed by atoms with van der Waals surface area (Å²) in [5.74, 6) is 0. The zero-order valence-corrected chi connectivity index (χ0v) is 9.54. The monoisotopic (exact) mass is 233 g/mol. The molecule has 0 spiro atoms. The molecule has 82 valence electrons. The molecule has 0 bridgehead atoms. The van der Waals surface area contributed by atoms with E-state index in [1.54, 1.807) is 0 Å². The number of nitrogens with one attached hydrogen (secondary N) is 1. The lowest BCUT2D eigenvalue weighted by Gasteiger charge is -2.13. The summed E-state index contributed by atoms with van der Waals surface area (Å²) in [5, 5.41) is 8.66. The van der Waals surface area contributed by atoms with E-state index in [0.717, 1.165) is 35.9 Å². The largest absolute Gasteiger partial charge is 0.309 e. The number of rotatable bonds is 1. The van der Waals surface area contributed by atoms with Crippen LogP contribution in [0.25, 0.3) is 11.3 Å². The Hall–Kier alpha value is -1.32. The van der Waals surface area contributed by atoms with Crippen molar-refractivity contribution in [1.29, 1.82) is 0 Å². The molecule has 1 aliphatic rings. The SMILES string of the molecule is Clc1ccccc1-c1cc2n(n1)CCNC2. The Bertz CT molecular complexity index is 495. The maximum Gasteiger partial charge on any atom is 0.0941 e.